The van der Waals surface area contributed by atoms with E-state index < -0.39 is 0 Å². The molecule has 1 aliphatic heterocycles. The van der Waals surface area contributed by atoms with Crippen LogP contribution in [0, 0.1) is 6.92 Å². The van der Waals surface area contributed by atoms with Crippen molar-refractivity contribution in [2.24, 2.45) is 0 Å². The minimum Gasteiger partial charge on any atom is -0.344 e. The second kappa shape index (κ2) is 5.96. The Bertz CT molecular complexity index is 487. The number of carbonyl (C=O) groups excluding carboxylic acids is 2. The van der Waals surface area contributed by atoms with Gasteiger partial charge in [0.2, 0.25) is 5.91 Å². The molecule has 0 aromatic carbocycles. The van der Waals surface area contributed by atoms with Gasteiger partial charge in [-0.15, -0.1) is 23.1 Å². The highest BCUT2D eigenvalue weighted by molar-refractivity contribution is 7.99. The van der Waals surface area contributed by atoms with Crippen LogP contribution in [0.1, 0.15) is 21.5 Å². The van der Waals surface area contributed by atoms with Gasteiger partial charge < -0.3 is 9.80 Å². The third kappa shape index (κ3) is 2.95. The molecule has 0 aliphatic carbocycles. The molecule has 0 spiro atoms. The highest BCUT2D eigenvalue weighted by atomic mass is 32.2. The van der Waals surface area contributed by atoms with E-state index in [-0.39, 0.29) is 17.9 Å². The lowest BCUT2D eigenvalue weighted by molar-refractivity contribution is -0.133. The monoisotopic (exact) mass is 298 g/mol. The average Bonchev–Trinajstić information content (AvgIpc) is 3.04. The molecule has 1 fully saturated rings. The van der Waals surface area contributed by atoms with Crippen LogP contribution in [-0.4, -0.2) is 52.9 Å². The first-order valence-corrected chi connectivity index (χ1v) is 8.21. The number of aryl methyl sites for hydroxylation is 1. The van der Waals surface area contributed by atoms with Crippen molar-refractivity contribution < 1.29 is 9.59 Å². The first kappa shape index (κ1) is 14.4. The van der Waals surface area contributed by atoms with E-state index in [1.807, 2.05) is 26.0 Å². The number of carbonyl (C=O) groups is 2. The van der Waals surface area contributed by atoms with Crippen LogP contribution >= 0.6 is 23.1 Å². The van der Waals surface area contributed by atoms with Crippen LogP contribution in [0.15, 0.2) is 12.1 Å². The molecular weight excluding hydrogens is 280 g/mol. The van der Waals surface area contributed by atoms with Gasteiger partial charge in [-0.1, -0.05) is 0 Å². The lowest BCUT2D eigenvalue weighted by Crippen LogP contribution is -2.47. The third-order valence-corrected chi connectivity index (χ3v) is 5.23. The van der Waals surface area contributed by atoms with Crippen molar-refractivity contribution >= 4 is 34.9 Å². The first-order chi connectivity index (χ1) is 9.04. The number of hydrogen-bond acceptors (Lipinski definition) is 4. The predicted octanol–water partition coefficient (Wildman–Crippen LogP) is 2.05. The van der Waals surface area contributed by atoms with Gasteiger partial charge in [0.25, 0.3) is 5.91 Å². The van der Waals surface area contributed by atoms with E-state index in [1.54, 1.807) is 28.6 Å². The summed E-state index contributed by atoms with van der Waals surface area (Å²) < 4.78 is 0. The molecule has 2 rings (SSSR count). The normalized spacial score (nSPS) is 18.7. The molecule has 1 aliphatic rings. The summed E-state index contributed by atoms with van der Waals surface area (Å²) in [5.41, 5.74) is 0. The number of likely N-dealkylation sites (N-methyl/N-ethyl adjacent to an activating group) is 1. The van der Waals surface area contributed by atoms with Crippen molar-refractivity contribution in [3.05, 3.63) is 21.9 Å². The molecule has 0 unspecified atom stereocenters. The van der Waals surface area contributed by atoms with E-state index in [0.717, 1.165) is 9.75 Å². The maximum absolute atomic E-state index is 12.4. The van der Waals surface area contributed by atoms with E-state index >= 15 is 0 Å². The van der Waals surface area contributed by atoms with Crippen molar-refractivity contribution in [2.45, 2.75) is 19.9 Å². The number of amides is 2. The fourth-order valence-corrected chi connectivity index (χ4v) is 3.92. The largest absolute Gasteiger partial charge is 0.344 e. The second-order valence-electron chi connectivity index (χ2n) is 4.55. The van der Waals surface area contributed by atoms with Crippen LogP contribution in [-0.2, 0) is 4.79 Å². The van der Waals surface area contributed by atoms with Gasteiger partial charge in [0, 0.05) is 24.2 Å². The lowest BCUT2D eigenvalue weighted by Gasteiger charge is -2.26. The van der Waals surface area contributed by atoms with Crippen molar-refractivity contribution in [1.29, 1.82) is 0 Å². The van der Waals surface area contributed by atoms with E-state index in [4.69, 9.17) is 0 Å². The van der Waals surface area contributed by atoms with E-state index in [9.17, 15) is 9.59 Å². The summed E-state index contributed by atoms with van der Waals surface area (Å²) in [6, 6.07) is 3.47. The smallest absolute Gasteiger partial charge is 0.265 e. The lowest BCUT2D eigenvalue weighted by atomic mass is 10.2. The summed E-state index contributed by atoms with van der Waals surface area (Å²) in [4.78, 5) is 29.9. The zero-order chi connectivity index (χ0) is 14.0. The number of hydrogen-bond donors (Lipinski definition) is 0. The maximum atomic E-state index is 12.4. The Balaban J connectivity index is 2.15. The highest BCUT2D eigenvalue weighted by Crippen LogP contribution is 2.26. The molecule has 0 saturated carbocycles. The van der Waals surface area contributed by atoms with Gasteiger partial charge in [0.05, 0.1) is 10.8 Å². The number of thiophene rings is 1. The summed E-state index contributed by atoms with van der Waals surface area (Å²) in [6.07, 6.45) is 0. The summed E-state index contributed by atoms with van der Waals surface area (Å²) in [6.45, 7) is 4.59. The van der Waals surface area contributed by atoms with Gasteiger partial charge in [-0.05, 0) is 26.0 Å². The van der Waals surface area contributed by atoms with Gasteiger partial charge in [0.1, 0.15) is 6.04 Å². The molecule has 0 N–H and O–H groups in total. The molecular formula is C13H18N2O2S2. The summed E-state index contributed by atoms with van der Waals surface area (Å²) >= 11 is 3.12. The van der Waals surface area contributed by atoms with Crippen molar-refractivity contribution in [3.63, 3.8) is 0 Å². The Kier molecular flexibility index (Phi) is 4.52. The molecule has 0 bridgehead atoms. The Morgan fingerprint density at radius 3 is 2.79 bits per heavy atom. The predicted molar refractivity (Wildman–Crippen MR) is 79.6 cm³/mol. The van der Waals surface area contributed by atoms with Crippen molar-refractivity contribution in [1.82, 2.24) is 9.80 Å². The standard InChI is InChI=1S/C13H18N2O2S2/c1-4-14(3)12(16)10-7-18-8-15(10)13(17)11-6-5-9(2)19-11/h5-6,10H,4,7-8H2,1-3H3/t10-/m1/s1. The van der Waals surface area contributed by atoms with Crippen LogP contribution in [0.2, 0.25) is 0 Å². The molecule has 104 valence electrons. The molecule has 6 heteroatoms. The zero-order valence-corrected chi connectivity index (χ0v) is 13.0. The molecule has 4 nitrogen and oxygen atoms in total. The van der Waals surface area contributed by atoms with Gasteiger partial charge in [-0.2, -0.15) is 0 Å². The molecule has 1 atom stereocenters. The van der Waals surface area contributed by atoms with Crippen LogP contribution in [0.3, 0.4) is 0 Å². The van der Waals surface area contributed by atoms with E-state index in [1.165, 1.54) is 11.3 Å². The first-order valence-electron chi connectivity index (χ1n) is 6.24. The van der Waals surface area contributed by atoms with E-state index in [2.05, 4.69) is 0 Å². The molecule has 19 heavy (non-hydrogen) atoms. The number of rotatable bonds is 3. The second-order valence-corrected chi connectivity index (χ2v) is 6.84. The fraction of sp³-hybridized carbons (Fsp3) is 0.538. The zero-order valence-electron chi connectivity index (χ0n) is 11.4. The summed E-state index contributed by atoms with van der Waals surface area (Å²) in [5, 5.41) is 0. The average molecular weight is 298 g/mol. The van der Waals surface area contributed by atoms with Gasteiger partial charge in [-0.3, -0.25) is 9.59 Å². The Morgan fingerprint density at radius 2 is 2.21 bits per heavy atom. The third-order valence-electron chi connectivity index (χ3n) is 3.23. The van der Waals surface area contributed by atoms with Crippen LogP contribution in [0.5, 0.6) is 0 Å². The van der Waals surface area contributed by atoms with Crippen LogP contribution in [0.4, 0.5) is 0 Å². The molecule has 2 amide bonds. The minimum atomic E-state index is -0.315. The molecule has 1 saturated heterocycles. The molecule has 0 radical (unpaired) electrons. The highest BCUT2D eigenvalue weighted by Gasteiger charge is 2.36. The van der Waals surface area contributed by atoms with E-state index in [0.29, 0.717) is 18.2 Å². The molecule has 1 aromatic rings. The summed E-state index contributed by atoms with van der Waals surface area (Å²) in [5.74, 6) is 1.31. The van der Waals surface area contributed by atoms with Crippen LogP contribution in [0.25, 0.3) is 0 Å². The molecule has 2 heterocycles. The van der Waals surface area contributed by atoms with Crippen molar-refractivity contribution in [2.75, 3.05) is 25.2 Å². The number of nitrogens with zero attached hydrogens (tertiary/aromatic N) is 2. The summed E-state index contributed by atoms with van der Waals surface area (Å²) in [7, 11) is 1.78. The quantitative estimate of drug-likeness (QED) is 0.857. The SMILES string of the molecule is CCN(C)C(=O)[C@H]1CSCN1C(=O)c1ccc(C)s1. The maximum Gasteiger partial charge on any atom is 0.265 e. The van der Waals surface area contributed by atoms with Gasteiger partial charge >= 0.3 is 0 Å². The van der Waals surface area contributed by atoms with Crippen LogP contribution < -0.4 is 0 Å². The Morgan fingerprint density at radius 1 is 1.47 bits per heavy atom. The minimum absolute atomic E-state index is 0.0223. The molecule has 1 aromatic heterocycles. The Labute approximate surface area is 121 Å². The van der Waals surface area contributed by atoms with Gasteiger partial charge in [-0.25, -0.2) is 0 Å². The van der Waals surface area contributed by atoms with Gasteiger partial charge in [0.15, 0.2) is 0 Å². The van der Waals surface area contributed by atoms with Crippen molar-refractivity contribution in [3.8, 4) is 0 Å². The topological polar surface area (TPSA) is 40.6 Å². The fourth-order valence-electron chi connectivity index (χ4n) is 1.95. The number of thioether (sulfide) groups is 1. The Hall–Kier alpha value is -1.01.